The van der Waals surface area contributed by atoms with E-state index in [4.69, 9.17) is 15.3 Å². The highest BCUT2D eigenvalue weighted by atomic mass is 16.5. The lowest BCUT2D eigenvalue weighted by Gasteiger charge is -2.10. The lowest BCUT2D eigenvalue weighted by atomic mass is 10.1. The third kappa shape index (κ3) is 9.92. The lowest BCUT2D eigenvalue weighted by molar-refractivity contribution is -0.0481. The predicted molar refractivity (Wildman–Crippen MR) is 53.6 cm³/mol. The molecule has 0 aromatic heterocycles. The molecule has 0 fully saturated rings. The van der Waals surface area contributed by atoms with Crippen LogP contribution in [0.15, 0.2) is 0 Å². The zero-order valence-electron chi connectivity index (χ0n) is 8.60. The molecule has 0 aromatic rings. The van der Waals surface area contributed by atoms with Crippen molar-refractivity contribution in [3.8, 4) is 0 Å². The molecule has 0 amide bonds. The zero-order chi connectivity index (χ0) is 10.8. The van der Waals surface area contributed by atoms with E-state index in [0.29, 0.717) is 19.3 Å². The molecule has 4 N–H and O–H groups in total. The molecule has 0 aliphatic carbocycles. The first kappa shape index (κ1) is 13.8. The lowest BCUT2D eigenvalue weighted by Crippen LogP contribution is -2.09. The minimum atomic E-state index is -1.25. The second-order valence-electron chi connectivity index (χ2n) is 3.64. The fourth-order valence-corrected chi connectivity index (χ4v) is 1.35. The Labute approximate surface area is 85.2 Å². The maximum atomic E-state index is 9.44. The minimum Gasteiger partial charge on any atom is -0.396 e. The number of unbranched alkanes of at least 4 members (excludes halogenated alkanes) is 2. The monoisotopic (exact) mass is 206 g/mol. The maximum Gasteiger partial charge on any atom is 0.151 e. The van der Waals surface area contributed by atoms with Gasteiger partial charge in [-0.15, -0.1) is 0 Å². The fraction of sp³-hybridized carbons (Fsp3) is 1.00. The molecule has 0 aliphatic rings. The van der Waals surface area contributed by atoms with Gasteiger partial charge in [-0.05, 0) is 32.1 Å². The van der Waals surface area contributed by atoms with Crippen LogP contribution in [-0.2, 0) is 0 Å². The summed E-state index contributed by atoms with van der Waals surface area (Å²) in [7, 11) is 0. The van der Waals surface area contributed by atoms with Crippen molar-refractivity contribution in [2.24, 2.45) is 0 Å². The maximum absolute atomic E-state index is 9.44. The summed E-state index contributed by atoms with van der Waals surface area (Å²) in [5, 5.41) is 35.1. The molecule has 0 spiro atoms. The first-order valence-electron chi connectivity index (χ1n) is 5.32. The van der Waals surface area contributed by atoms with Gasteiger partial charge in [0.15, 0.2) is 6.29 Å². The molecule has 1 atom stereocenters. The molecule has 86 valence electrons. The summed E-state index contributed by atoms with van der Waals surface area (Å²) in [6.45, 7) is 0.215. The molecule has 0 saturated carbocycles. The molecule has 0 aliphatic heterocycles. The molecular weight excluding hydrogens is 184 g/mol. The number of hydrogen-bond donors (Lipinski definition) is 4. The number of aliphatic hydroxyl groups is 4. The van der Waals surface area contributed by atoms with E-state index < -0.39 is 6.29 Å². The van der Waals surface area contributed by atoms with Crippen LogP contribution in [0.3, 0.4) is 0 Å². The van der Waals surface area contributed by atoms with Gasteiger partial charge in [-0.1, -0.05) is 12.8 Å². The van der Waals surface area contributed by atoms with Crippen LogP contribution in [0.5, 0.6) is 0 Å². The van der Waals surface area contributed by atoms with Crippen molar-refractivity contribution in [2.75, 3.05) is 6.61 Å². The molecule has 4 heteroatoms. The predicted octanol–water partition coefficient (Wildman–Crippen LogP) is 0.381. The topological polar surface area (TPSA) is 80.9 Å². The van der Waals surface area contributed by atoms with Crippen molar-refractivity contribution >= 4 is 0 Å². The normalized spacial score (nSPS) is 13.5. The van der Waals surface area contributed by atoms with Crippen LogP contribution < -0.4 is 0 Å². The summed E-state index contributed by atoms with van der Waals surface area (Å²) < 4.78 is 0. The van der Waals surface area contributed by atoms with Crippen molar-refractivity contribution < 1.29 is 20.4 Å². The Morgan fingerprint density at radius 2 is 1.36 bits per heavy atom. The van der Waals surface area contributed by atoms with Gasteiger partial charge in [0.25, 0.3) is 0 Å². The Balaban J connectivity index is 3.15. The Morgan fingerprint density at radius 1 is 0.714 bits per heavy atom. The first-order chi connectivity index (χ1) is 6.66. The second kappa shape index (κ2) is 9.40. The first-order valence-corrected chi connectivity index (χ1v) is 5.32. The van der Waals surface area contributed by atoms with Crippen molar-refractivity contribution in [1.29, 1.82) is 0 Å². The van der Waals surface area contributed by atoms with Gasteiger partial charge in [0, 0.05) is 6.61 Å². The van der Waals surface area contributed by atoms with Crippen molar-refractivity contribution in [3.63, 3.8) is 0 Å². The van der Waals surface area contributed by atoms with Gasteiger partial charge in [-0.25, -0.2) is 0 Å². The summed E-state index contributed by atoms with van der Waals surface area (Å²) in [5.74, 6) is 0. The van der Waals surface area contributed by atoms with Crippen LogP contribution >= 0.6 is 0 Å². The molecule has 14 heavy (non-hydrogen) atoms. The summed E-state index contributed by atoms with van der Waals surface area (Å²) in [5.41, 5.74) is 0. The van der Waals surface area contributed by atoms with Gasteiger partial charge in [-0.3, -0.25) is 0 Å². The van der Waals surface area contributed by atoms with Crippen molar-refractivity contribution in [1.82, 2.24) is 0 Å². The fourth-order valence-electron chi connectivity index (χ4n) is 1.35. The van der Waals surface area contributed by atoms with E-state index in [-0.39, 0.29) is 12.7 Å². The van der Waals surface area contributed by atoms with Crippen LogP contribution in [0, 0.1) is 0 Å². The van der Waals surface area contributed by atoms with E-state index in [9.17, 15) is 5.11 Å². The minimum absolute atomic E-state index is 0.215. The summed E-state index contributed by atoms with van der Waals surface area (Å²) in [4.78, 5) is 0. The van der Waals surface area contributed by atoms with E-state index in [0.717, 1.165) is 25.7 Å². The average Bonchev–Trinajstić information content (AvgIpc) is 2.12. The highest BCUT2D eigenvalue weighted by molar-refractivity contribution is 4.57. The average molecular weight is 206 g/mol. The molecule has 0 saturated heterocycles. The highest BCUT2D eigenvalue weighted by Crippen LogP contribution is 2.10. The molecule has 0 rings (SSSR count). The molecule has 0 bridgehead atoms. The smallest absolute Gasteiger partial charge is 0.151 e. The van der Waals surface area contributed by atoms with Gasteiger partial charge in [0.2, 0.25) is 0 Å². The van der Waals surface area contributed by atoms with Gasteiger partial charge in [0.05, 0.1) is 6.10 Å². The Morgan fingerprint density at radius 3 is 1.93 bits per heavy atom. The molecule has 4 nitrogen and oxygen atoms in total. The van der Waals surface area contributed by atoms with E-state index in [1.807, 2.05) is 0 Å². The largest absolute Gasteiger partial charge is 0.396 e. The molecule has 0 radical (unpaired) electrons. The van der Waals surface area contributed by atoms with Gasteiger partial charge in [-0.2, -0.15) is 0 Å². The zero-order valence-corrected chi connectivity index (χ0v) is 8.60. The number of aliphatic hydroxyl groups excluding tert-OH is 3. The summed E-state index contributed by atoms with van der Waals surface area (Å²) in [6.07, 6.45) is 3.39. The SMILES string of the molecule is OCCCCCC(O)CCCC(O)O. The molecular formula is C10H22O4. The van der Waals surface area contributed by atoms with Crippen LogP contribution in [0.1, 0.15) is 44.9 Å². The third-order valence-electron chi connectivity index (χ3n) is 2.20. The summed E-state index contributed by atoms with van der Waals surface area (Å²) in [6, 6.07) is 0. The van der Waals surface area contributed by atoms with Crippen LogP contribution in [0.2, 0.25) is 0 Å². The third-order valence-corrected chi connectivity index (χ3v) is 2.20. The Kier molecular flexibility index (Phi) is 9.29. The van der Waals surface area contributed by atoms with Crippen molar-refractivity contribution in [3.05, 3.63) is 0 Å². The Hall–Kier alpha value is -0.160. The standard InChI is InChI=1S/C10H22O4/c11-8-3-1-2-5-9(12)6-4-7-10(13)14/h9-14H,1-8H2. The molecule has 0 aromatic carbocycles. The highest BCUT2D eigenvalue weighted by Gasteiger charge is 2.05. The summed E-state index contributed by atoms with van der Waals surface area (Å²) >= 11 is 0. The van der Waals surface area contributed by atoms with Crippen molar-refractivity contribution in [2.45, 2.75) is 57.3 Å². The van der Waals surface area contributed by atoms with Crippen LogP contribution in [0.4, 0.5) is 0 Å². The van der Waals surface area contributed by atoms with Crippen LogP contribution in [0.25, 0.3) is 0 Å². The van der Waals surface area contributed by atoms with E-state index >= 15 is 0 Å². The quantitative estimate of drug-likeness (QED) is 0.325. The number of hydrogen-bond acceptors (Lipinski definition) is 4. The second-order valence-corrected chi connectivity index (χ2v) is 3.64. The van der Waals surface area contributed by atoms with Gasteiger partial charge in [0.1, 0.15) is 0 Å². The number of rotatable bonds is 9. The van der Waals surface area contributed by atoms with Gasteiger partial charge < -0.3 is 20.4 Å². The van der Waals surface area contributed by atoms with E-state index in [1.54, 1.807) is 0 Å². The molecule has 1 unspecified atom stereocenters. The van der Waals surface area contributed by atoms with E-state index in [1.165, 1.54) is 0 Å². The van der Waals surface area contributed by atoms with E-state index in [2.05, 4.69) is 0 Å². The van der Waals surface area contributed by atoms with Crippen LogP contribution in [-0.4, -0.2) is 39.4 Å². The Bertz CT molecular complexity index is 117. The molecule has 0 heterocycles. The van der Waals surface area contributed by atoms with Gasteiger partial charge >= 0.3 is 0 Å².